The zero-order valence-electron chi connectivity index (χ0n) is 19.9. The quantitative estimate of drug-likeness (QED) is 0.529. The van der Waals surface area contributed by atoms with Crippen molar-refractivity contribution in [2.45, 2.75) is 64.3 Å². The van der Waals surface area contributed by atoms with Crippen LogP contribution in [0.15, 0.2) is 5.38 Å². The van der Waals surface area contributed by atoms with Crippen molar-refractivity contribution in [1.82, 2.24) is 14.9 Å². The second kappa shape index (κ2) is 11.8. The van der Waals surface area contributed by atoms with Gasteiger partial charge in [0.2, 0.25) is 0 Å². The number of ether oxygens (including phenoxy) is 1. The smallest absolute Gasteiger partial charge is 0.444 e. The Kier molecular flexibility index (Phi) is 10.5. The van der Waals surface area contributed by atoms with E-state index in [-0.39, 0.29) is 42.4 Å². The summed E-state index contributed by atoms with van der Waals surface area (Å²) in [5.41, 5.74) is -1.12. The van der Waals surface area contributed by atoms with E-state index in [2.05, 4.69) is 36.1 Å². The van der Waals surface area contributed by atoms with Crippen LogP contribution in [-0.2, 0) is 10.9 Å². The van der Waals surface area contributed by atoms with Gasteiger partial charge in [-0.2, -0.15) is 13.2 Å². The Labute approximate surface area is 209 Å². The molecule has 1 aliphatic rings. The van der Waals surface area contributed by atoms with Crippen LogP contribution in [0.5, 0.6) is 0 Å². The van der Waals surface area contributed by atoms with Gasteiger partial charge in [0.15, 0.2) is 0 Å². The Bertz CT molecular complexity index is 921. The van der Waals surface area contributed by atoms with Crippen molar-refractivity contribution in [2.75, 3.05) is 18.4 Å². The summed E-state index contributed by atoms with van der Waals surface area (Å²) in [7, 11) is 0. The van der Waals surface area contributed by atoms with E-state index in [1.165, 1.54) is 4.90 Å². The zero-order valence-corrected chi connectivity index (χ0v) is 20.7. The molecule has 3 rings (SSSR count). The molecule has 0 aromatic carbocycles. The molecular formula is C22H30F3LiN4O2S-2. The van der Waals surface area contributed by atoms with Crippen molar-refractivity contribution in [1.29, 1.82) is 0 Å². The molecule has 0 bridgehead atoms. The van der Waals surface area contributed by atoms with Crippen molar-refractivity contribution >= 4 is 33.5 Å². The minimum absolute atomic E-state index is 0. The van der Waals surface area contributed by atoms with E-state index < -0.39 is 17.3 Å². The van der Waals surface area contributed by atoms with Crippen LogP contribution >= 0.6 is 11.3 Å². The molecule has 180 valence electrons. The normalized spacial score (nSPS) is 14.6. The monoisotopic (exact) mass is 478 g/mol. The number of anilines is 1. The average Bonchev–Trinajstić information content (AvgIpc) is 3.39. The van der Waals surface area contributed by atoms with Gasteiger partial charge in [-0.1, -0.05) is 6.92 Å². The number of hydrogen-bond acceptors (Lipinski definition) is 6. The van der Waals surface area contributed by atoms with Crippen LogP contribution in [0, 0.1) is 20.8 Å². The first-order valence-electron chi connectivity index (χ1n) is 10.3. The molecule has 2 aromatic heterocycles. The standard InChI is InChI=1S/C13H13F3N3S.C9H17NO2.Li/c1-6(2)17-12-10-9(8(5-20-10)13(14,15)16)18-11(19-12)7-3-4-7;1-6-10(7-2)8(11)12-9(3,4)5;/h5-7H,1,3-4H2,2H3,(H,17,18,19);1-2,6-7H2,3-5H3;/q-1;-2;+1/t6-;;/m1../s1. The summed E-state index contributed by atoms with van der Waals surface area (Å²) in [6, 6.07) is -0.142. The van der Waals surface area contributed by atoms with E-state index in [0.717, 1.165) is 29.6 Å². The molecule has 33 heavy (non-hydrogen) atoms. The van der Waals surface area contributed by atoms with Crippen molar-refractivity contribution in [3.05, 3.63) is 37.5 Å². The Morgan fingerprint density at radius 2 is 1.85 bits per heavy atom. The molecule has 1 saturated carbocycles. The van der Waals surface area contributed by atoms with Crippen LogP contribution in [0.4, 0.5) is 23.8 Å². The number of aromatic nitrogens is 2. The van der Waals surface area contributed by atoms with Gasteiger partial charge in [0.1, 0.15) is 17.2 Å². The molecule has 2 heterocycles. The molecular weight excluding hydrogens is 448 g/mol. The number of thiophene rings is 1. The summed E-state index contributed by atoms with van der Waals surface area (Å²) in [5.74, 6) is 1.16. The van der Waals surface area contributed by atoms with E-state index in [1.54, 1.807) is 0 Å². The Morgan fingerprint density at radius 1 is 1.27 bits per heavy atom. The van der Waals surface area contributed by atoms with Gasteiger partial charge in [0, 0.05) is 11.3 Å². The maximum absolute atomic E-state index is 13.0. The number of nitrogens with one attached hydrogen (secondary N) is 1. The molecule has 0 radical (unpaired) electrons. The largest absolute Gasteiger partial charge is 1.00 e. The van der Waals surface area contributed by atoms with Crippen molar-refractivity contribution < 1.29 is 41.6 Å². The molecule has 1 aliphatic carbocycles. The van der Waals surface area contributed by atoms with Gasteiger partial charge < -0.3 is 35.7 Å². The number of carbonyl (C=O) groups excluding carboxylic acids is 1. The maximum Gasteiger partial charge on any atom is 1.00 e. The predicted octanol–water partition coefficient (Wildman–Crippen LogP) is 3.12. The Morgan fingerprint density at radius 3 is 2.27 bits per heavy atom. The summed E-state index contributed by atoms with van der Waals surface area (Å²) in [4.78, 5) is 21.2. The molecule has 0 spiro atoms. The van der Waals surface area contributed by atoms with Crippen LogP contribution in [0.3, 0.4) is 0 Å². The molecule has 0 aliphatic heterocycles. The van der Waals surface area contributed by atoms with Gasteiger partial charge in [-0.3, -0.25) is 0 Å². The van der Waals surface area contributed by atoms with Gasteiger partial charge in [-0.05, 0) is 33.6 Å². The zero-order chi connectivity index (χ0) is 24.3. The molecule has 1 N–H and O–H groups in total. The van der Waals surface area contributed by atoms with Gasteiger partial charge in [0.05, 0.1) is 15.8 Å². The second-order valence-corrected chi connectivity index (χ2v) is 9.42. The maximum atomic E-state index is 13.0. The predicted molar refractivity (Wildman–Crippen MR) is 121 cm³/mol. The molecule has 1 amide bonds. The first kappa shape index (κ1) is 29.5. The first-order valence-corrected chi connectivity index (χ1v) is 11.2. The number of carbonyl (C=O) groups is 1. The first-order chi connectivity index (χ1) is 14.8. The Hall–Kier alpha value is -1.50. The van der Waals surface area contributed by atoms with E-state index >= 15 is 0 Å². The van der Waals surface area contributed by atoms with Gasteiger partial charge in [-0.25, -0.2) is 14.8 Å². The third-order valence-electron chi connectivity index (χ3n) is 4.26. The summed E-state index contributed by atoms with van der Waals surface area (Å²) in [6.45, 7) is 19.1. The molecule has 1 fully saturated rings. The minimum atomic E-state index is -4.39. The van der Waals surface area contributed by atoms with Crippen LogP contribution < -0.4 is 24.2 Å². The number of rotatable bonds is 5. The molecule has 1 atom stereocenters. The Balaban J connectivity index is 0.000000366. The number of alkyl halides is 3. The topological polar surface area (TPSA) is 67.3 Å². The van der Waals surface area contributed by atoms with E-state index in [4.69, 9.17) is 4.74 Å². The van der Waals surface area contributed by atoms with Crippen LogP contribution in [-0.4, -0.2) is 45.7 Å². The van der Waals surface area contributed by atoms with Crippen LogP contribution in [0.1, 0.15) is 57.8 Å². The SMILES string of the molecule is [CH2-]CN(C[CH2-])C(=O)OC(C)(C)C.[CH2-][C@H](C)Nc1nc(C2CC2)nc2c(C(F)(F)F)csc12.[Li+]. The fourth-order valence-electron chi connectivity index (χ4n) is 2.61. The number of amides is 1. The summed E-state index contributed by atoms with van der Waals surface area (Å²) in [5, 5.41) is 4.12. The fraction of sp³-hybridized carbons (Fsp3) is 0.545. The van der Waals surface area contributed by atoms with E-state index in [0.29, 0.717) is 29.4 Å². The number of nitrogens with zero attached hydrogens (tertiary/aromatic N) is 3. The summed E-state index contributed by atoms with van der Waals surface area (Å²) >= 11 is 1.01. The van der Waals surface area contributed by atoms with Crippen molar-refractivity contribution in [3.63, 3.8) is 0 Å². The van der Waals surface area contributed by atoms with Gasteiger partial charge >= 0.3 is 31.1 Å². The molecule has 6 nitrogen and oxygen atoms in total. The third-order valence-corrected chi connectivity index (χ3v) is 5.23. The van der Waals surface area contributed by atoms with E-state index in [1.807, 2.05) is 27.7 Å². The van der Waals surface area contributed by atoms with Gasteiger partial charge in [0.25, 0.3) is 0 Å². The molecule has 2 aromatic rings. The average molecular weight is 479 g/mol. The molecule has 11 heteroatoms. The third kappa shape index (κ3) is 8.65. The van der Waals surface area contributed by atoms with E-state index in [9.17, 15) is 18.0 Å². The molecule has 0 saturated heterocycles. The van der Waals surface area contributed by atoms with Gasteiger partial charge in [-0.15, -0.1) is 30.5 Å². The van der Waals surface area contributed by atoms with Crippen molar-refractivity contribution in [3.8, 4) is 0 Å². The number of fused-ring (bicyclic) bond motifs is 1. The summed E-state index contributed by atoms with van der Waals surface area (Å²) in [6.07, 6.45) is -2.86. The minimum Gasteiger partial charge on any atom is -0.444 e. The van der Waals surface area contributed by atoms with Crippen LogP contribution in [0.25, 0.3) is 10.2 Å². The number of halogens is 3. The van der Waals surface area contributed by atoms with Crippen molar-refractivity contribution in [2.24, 2.45) is 0 Å². The summed E-state index contributed by atoms with van der Waals surface area (Å²) < 4.78 is 44.6. The van der Waals surface area contributed by atoms with Crippen LogP contribution in [0.2, 0.25) is 0 Å². The fourth-order valence-corrected chi connectivity index (χ4v) is 3.58. The number of hydrogen-bond donors (Lipinski definition) is 1. The molecule has 0 unspecified atom stereocenters. The second-order valence-electron chi connectivity index (χ2n) is 8.54.